The fraction of sp³-hybridized carbons (Fsp3) is 0.308. The minimum Gasteiger partial charge on any atom is -0.454 e. The first-order chi connectivity index (χ1) is 8.86. The smallest absolute Gasteiger partial charge is 0.416 e. The van der Waals surface area contributed by atoms with Gasteiger partial charge >= 0.3 is 6.18 Å². The highest BCUT2D eigenvalue weighted by atomic mass is 19.4. The predicted octanol–water partition coefficient (Wildman–Crippen LogP) is 4.28. The van der Waals surface area contributed by atoms with Gasteiger partial charge < -0.3 is 4.74 Å². The van der Waals surface area contributed by atoms with Gasteiger partial charge in [0.15, 0.2) is 5.75 Å². The van der Waals surface area contributed by atoms with Crippen LogP contribution in [0, 0.1) is 0 Å². The summed E-state index contributed by atoms with van der Waals surface area (Å²) >= 11 is 0. The van der Waals surface area contributed by atoms with E-state index in [1.807, 2.05) is 13.8 Å². The van der Waals surface area contributed by atoms with E-state index in [1.165, 1.54) is 18.3 Å². The molecule has 0 unspecified atom stereocenters. The number of hydrogen-bond acceptors (Lipinski definition) is 2. The molecule has 0 saturated carbocycles. The van der Waals surface area contributed by atoms with E-state index in [2.05, 4.69) is 5.10 Å². The summed E-state index contributed by atoms with van der Waals surface area (Å²) in [6.45, 7) is 3.93. The van der Waals surface area contributed by atoms with E-state index in [0.717, 1.165) is 12.1 Å². The van der Waals surface area contributed by atoms with Gasteiger partial charge in [0.2, 0.25) is 0 Å². The fourth-order valence-corrected chi connectivity index (χ4v) is 1.50. The average Bonchev–Trinajstić information content (AvgIpc) is 2.77. The third kappa shape index (κ3) is 3.27. The molecule has 0 saturated heterocycles. The molecule has 0 N–H and O–H groups in total. The number of hydrogen-bond donors (Lipinski definition) is 0. The number of ether oxygens (including phenoxy) is 1. The van der Waals surface area contributed by atoms with Crippen LogP contribution in [0.25, 0.3) is 0 Å². The molecule has 0 radical (unpaired) electrons. The Hall–Kier alpha value is -1.98. The standard InChI is InChI=1S/C13H13F3N2O/c1-9(2)18-8-12(7-17-18)19-11-5-3-10(4-6-11)13(14,15)16/h3-9H,1-2H3. The first-order valence-corrected chi connectivity index (χ1v) is 5.75. The first-order valence-electron chi connectivity index (χ1n) is 5.75. The van der Waals surface area contributed by atoms with Gasteiger partial charge in [0, 0.05) is 6.04 Å². The summed E-state index contributed by atoms with van der Waals surface area (Å²) in [6.07, 6.45) is -1.11. The molecule has 0 fully saturated rings. The molecule has 102 valence electrons. The zero-order chi connectivity index (χ0) is 14.0. The average molecular weight is 270 g/mol. The highest BCUT2D eigenvalue weighted by Crippen LogP contribution is 2.31. The Morgan fingerprint density at radius 2 is 1.74 bits per heavy atom. The van der Waals surface area contributed by atoms with Crippen molar-refractivity contribution in [2.75, 3.05) is 0 Å². The van der Waals surface area contributed by atoms with Crippen LogP contribution in [0.1, 0.15) is 25.5 Å². The molecule has 19 heavy (non-hydrogen) atoms. The molecule has 2 rings (SSSR count). The number of alkyl halides is 3. The molecule has 0 spiro atoms. The highest BCUT2D eigenvalue weighted by molar-refractivity contribution is 5.32. The largest absolute Gasteiger partial charge is 0.454 e. The van der Waals surface area contributed by atoms with Gasteiger partial charge in [-0.1, -0.05) is 0 Å². The molecule has 3 nitrogen and oxygen atoms in total. The Bertz CT molecular complexity index is 544. The van der Waals surface area contributed by atoms with E-state index in [0.29, 0.717) is 11.5 Å². The van der Waals surface area contributed by atoms with Crippen LogP contribution in [0.4, 0.5) is 13.2 Å². The van der Waals surface area contributed by atoms with Crippen molar-refractivity contribution in [2.45, 2.75) is 26.1 Å². The number of benzene rings is 1. The second kappa shape index (κ2) is 4.95. The van der Waals surface area contributed by atoms with Gasteiger partial charge in [0.1, 0.15) is 5.75 Å². The molecule has 0 aliphatic carbocycles. The maximum atomic E-state index is 12.4. The lowest BCUT2D eigenvalue weighted by Crippen LogP contribution is -2.03. The summed E-state index contributed by atoms with van der Waals surface area (Å²) in [5.41, 5.74) is -0.697. The summed E-state index contributed by atoms with van der Waals surface area (Å²) < 4.78 is 44.3. The van der Waals surface area contributed by atoms with Crippen LogP contribution in [0.15, 0.2) is 36.7 Å². The lowest BCUT2D eigenvalue weighted by molar-refractivity contribution is -0.137. The maximum absolute atomic E-state index is 12.4. The molecule has 6 heteroatoms. The third-order valence-corrected chi connectivity index (χ3v) is 2.52. The van der Waals surface area contributed by atoms with E-state index in [9.17, 15) is 13.2 Å². The van der Waals surface area contributed by atoms with Gasteiger partial charge in [-0.15, -0.1) is 0 Å². The molecule has 0 amide bonds. The maximum Gasteiger partial charge on any atom is 0.416 e. The zero-order valence-corrected chi connectivity index (χ0v) is 10.5. The number of rotatable bonds is 3. The molecule has 0 aliphatic heterocycles. The topological polar surface area (TPSA) is 27.1 Å². The van der Waals surface area contributed by atoms with Crippen molar-refractivity contribution < 1.29 is 17.9 Å². The third-order valence-electron chi connectivity index (χ3n) is 2.52. The van der Waals surface area contributed by atoms with Crippen LogP contribution < -0.4 is 4.74 Å². The van der Waals surface area contributed by atoms with Crippen LogP contribution >= 0.6 is 0 Å². The Labute approximate surface area is 108 Å². The molecule has 2 aromatic rings. The van der Waals surface area contributed by atoms with E-state index in [4.69, 9.17) is 4.74 Å². The summed E-state index contributed by atoms with van der Waals surface area (Å²) in [5, 5.41) is 4.08. The highest BCUT2D eigenvalue weighted by Gasteiger charge is 2.30. The van der Waals surface area contributed by atoms with Crippen LogP contribution in [-0.4, -0.2) is 9.78 Å². The van der Waals surface area contributed by atoms with Crippen molar-refractivity contribution in [1.82, 2.24) is 9.78 Å². The van der Waals surface area contributed by atoms with Gasteiger partial charge in [0.05, 0.1) is 18.0 Å². The van der Waals surface area contributed by atoms with Crippen LogP contribution in [0.2, 0.25) is 0 Å². The second-order valence-corrected chi connectivity index (χ2v) is 4.37. The summed E-state index contributed by atoms with van der Waals surface area (Å²) in [4.78, 5) is 0. The Kier molecular flexibility index (Phi) is 3.50. The van der Waals surface area contributed by atoms with Crippen LogP contribution in [-0.2, 0) is 6.18 Å². The van der Waals surface area contributed by atoms with Gasteiger partial charge in [-0.25, -0.2) is 0 Å². The second-order valence-electron chi connectivity index (χ2n) is 4.37. The van der Waals surface area contributed by atoms with Gasteiger partial charge in [-0.05, 0) is 38.1 Å². The van der Waals surface area contributed by atoms with Gasteiger partial charge in [-0.3, -0.25) is 4.68 Å². The Morgan fingerprint density at radius 1 is 1.11 bits per heavy atom. The van der Waals surface area contributed by atoms with Crippen molar-refractivity contribution in [3.8, 4) is 11.5 Å². The molecule has 1 aromatic carbocycles. The molecule has 1 heterocycles. The van der Waals surface area contributed by atoms with Crippen LogP contribution in [0.5, 0.6) is 11.5 Å². The zero-order valence-electron chi connectivity index (χ0n) is 10.5. The summed E-state index contributed by atoms with van der Waals surface area (Å²) in [6, 6.07) is 4.75. The minimum atomic E-state index is -4.33. The quantitative estimate of drug-likeness (QED) is 0.832. The van der Waals surface area contributed by atoms with Gasteiger partial charge in [0.25, 0.3) is 0 Å². The predicted molar refractivity (Wildman–Crippen MR) is 64.1 cm³/mol. The first kappa shape index (κ1) is 13.5. The molecule has 0 atom stereocenters. The van der Waals surface area contributed by atoms with Crippen molar-refractivity contribution in [1.29, 1.82) is 0 Å². The molecule has 0 aliphatic rings. The normalized spacial score (nSPS) is 11.9. The molecule has 0 bridgehead atoms. The number of aromatic nitrogens is 2. The Balaban J connectivity index is 2.11. The lowest BCUT2D eigenvalue weighted by Gasteiger charge is -2.08. The lowest BCUT2D eigenvalue weighted by atomic mass is 10.2. The van der Waals surface area contributed by atoms with Crippen molar-refractivity contribution in [3.05, 3.63) is 42.2 Å². The van der Waals surface area contributed by atoms with E-state index in [1.54, 1.807) is 10.9 Å². The summed E-state index contributed by atoms with van der Waals surface area (Å²) in [7, 11) is 0. The molecule has 1 aromatic heterocycles. The molecular formula is C13H13F3N2O. The fourth-order valence-electron chi connectivity index (χ4n) is 1.50. The summed E-state index contributed by atoms with van der Waals surface area (Å²) in [5.74, 6) is 0.838. The van der Waals surface area contributed by atoms with Crippen LogP contribution in [0.3, 0.4) is 0 Å². The number of halogens is 3. The molecular weight excluding hydrogens is 257 g/mol. The van der Waals surface area contributed by atoms with Crippen molar-refractivity contribution in [3.63, 3.8) is 0 Å². The minimum absolute atomic E-state index is 0.199. The Morgan fingerprint density at radius 3 is 2.21 bits per heavy atom. The van der Waals surface area contributed by atoms with E-state index in [-0.39, 0.29) is 6.04 Å². The number of nitrogens with zero attached hydrogens (tertiary/aromatic N) is 2. The SMILES string of the molecule is CC(C)n1cc(Oc2ccc(C(F)(F)F)cc2)cn1. The van der Waals surface area contributed by atoms with Crippen molar-refractivity contribution >= 4 is 0 Å². The van der Waals surface area contributed by atoms with Crippen molar-refractivity contribution in [2.24, 2.45) is 0 Å². The van der Waals surface area contributed by atoms with E-state index >= 15 is 0 Å². The monoisotopic (exact) mass is 270 g/mol. The van der Waals surface area contributed by atoms with Gasteiger partial charge in [-0.2, -0.15) is 18.3 Å². The van der Waals surface area contributed by atoms with E-state index < -0.39 is 11.7 Å².